The Kier molecular flexibility index (Phi) is 10.7. The van der Waals surface area contributed by atoms with E-state index in [4.69, 9.17) is 5.73 Å². The predicted molar refractivity (Wildman–Crippen MR) is 116 cm³/mol. The number of aldehydes is 1. The fraction of sp³-hybridized carbons (Fsp3) is 0.364. The fourth-order valence-electron chi connectivity index (χ4n) is 2.94. The summed E-state index contributed by atoms with van der Waals surface area (Å²) in [6, 6.07) is 16.9. The van der Waals surface area contributed by atoms with Crippen LogP contribution in [0.4, 0.5) is 0 Å². The van der Waals surface area contributed by atoms with Gasteiger partial charge in [-0.3, -0.25) is 4.79 Å². The van der Waals surface area contributed by atoms with Crippen molar-refractivity contribution in [2.75, 3.05) is 13.6 Å². The number of carboxylic acid groups (broad SMARTS) is 1. The van der Waals surface area contributed by atoms with E-state index in [-0.39, 0.29) is 6.04 Å². The second kappa shape index (κ2) is 12.4. The zero-order valence-corrected chi connectivity index (χ0v) is 18.0. The zero-order chi connectivity index (χ0) is 21.0. The van der Waals surface area contributed by atoms with Crippen LogP contribution in [-0.4, -0.2) is 37.0 Å². The van der Waals surface area contributed by atoms with Gasteiger partial charge in [0.15, 0.2) is 0 Å². The van der Waals surface area contributed by atoms with Crippen molar-refractivity contribution in [3.8, 4) is 0 Å². The van der Waals surface area contributed by atoms with Crippen LogP contribution in [0, 0.1) is 0 Å². The number of benzene rings is 2. The molecule has 28 heavy (non-hydrogen) atoms. The van der Waals surface area contributed by atoms with Crippen molar-refractivity contribution in [3.63, 3.8) is 0 Å². The Hall–Kier alpha value is -2.02. The van der Waals surface area contributed by atoms with E-state index < -0.39 is 11.4 Å². The molecule has 0 saturated carbocycles. The molecule has 0 spiro atoms. The summed E-state index contributed by atoms with van der Waals surface area (Å²) in [5.74, 6) is -0.739. The summed E-state index contributed by atoms with van der Waals surface area (Å²) in [7, 11) is 1.84. The molecule has 6 heteroatoms. The number of aliphatic carboxylic acids is 1. The molecule has 2 aromatic rings. The van der Waals surface area contributed by atoms with E-state index in [2.05, 4.69) is 21.2 Å². The molecule has 0 amide bonds. The van der Waals surface area contributed by atoms with Crippen molar-refractivity contribution in [1.82, 2.24) is 5.32 Å². The molecule has 4 N–H and O–H groups in total. The van der Waals surface area contributed by atoms with Crippen LogP contribution < -0.4 is 11.1 Å². The normalized spacial score (nSPS) is 13.6. The van der Waals surface area contributed by atoms with Crippen molar-refractivity contribution in [1.29, 1.82) is 0 Å². The van der Waals surface area contributed by atoms with Gasteiger partial charge >= 0.3 is 5.97 Å². The smallest absolute Gasteiger partial charge is 0.314 e. The molecule has 0 fully saturated rings. The summed E-state index contributed by atoms with van der Waals surface area (Å²) in [4.78, 5) is 21.8. The van der Waals surface area contributed by atoms with Crippen LogP contribution in [0.2, 0.25) is 0 Å². The maximum atomic E-state index is 11.5. The number of nitrogens with two attached hydrogens (primary N) is 1. The largest absolute Gasteiger partial charge is 0.481 e. The molecule has 0 bridgehead atoms. The Balaban J connectivity index is 0.000000292. The summed E-state index contributed by atoms with van der Waals surface area (Å²) < 4.78 is 1.03. The van der Waals surface area contributed by atoms with Gasteiger partial charge in [-0.05, 0) is 56.1 Å². The van der Waals surface area contributed by atoms with Gasteiger partial charge in [0.25, 0.3) is 0 Å². The maximum Gasteiger partial charge on any atom is 0.314 e. The summed E-state index contributed by atoms with van der Waals surface area (Å²) in [5, 5.41) is 12.5. The highest BCUT2D eigenvalue weighted by Crippen LogP contribution is 2.31. The molecule has 0 radical (unpaired) electrons. The van der Waals surface area contributed by atoms with E-state index >= 15 is 0 Å². The van der Waals surface area contributed by atoms with Crippen molar-refractivity contribution in [3.05, 3.63) is 70.2 Å². The van der Waals surface area contributed by atoms with Gasteiger partial charge < -0.3 is 21.0 Å². The third-order valence-electron chi connectivity index (χ3n) is 4.70. The molecule has 0 heterocycles. The van der Waals surface area contributed by atoms with E-state index in [1.165, 1.54) is 0 Å². The first kappa shape index (κ1) is 24.0. The number of halogens is 1. The molecule has 0 aliphatic carbocycles. The lowest BCUT2D eigenvalue weighted by atomic mass is 9.75. The summed E-state index contributed by atoms with van der Waals surface area (Å²) in [6.45, 7) is 2.63. The first-order valence-electron chi connectivity index (χ1n) is 9.28. The van der Waals surface area contributed by atoms with Crippen LogP contribution in [0.1, 0.15) is 30.9 Å². The zero-order valence-electron chi connectivity index (χ0n) is 16.4. The lowest BCUT2D eigenvalue weighted by Crippen LogP contribution is -2.37. The highest BCUT2D eigenvalue weighted by molar-refractivity contribution is 9.10. The molecule has 2 aromatic carbocycles. The maximum absolute atomic E-state index is 11.5. The lowest BCUT2D eigenvalue weighted by Gasteiger charge is -2.28. The summed E-state index contributed by atoms with van der Waals surface area (Å²) >= 11 is 3.33. The minimum atomic E-state index is -0.760. The Labute approximate surface area is 175 Å². The van der Waals surface area contributed by atoms with Crippen LogP contribution in [-0.2, 0) is 21.4 Å². The van der Waals surface area contributed by atoms with Gasteiger partial charge in [0, 0.05) is 4.47 Å². The molecule has 2 atom stereocenters. The SMILES string of the molecule is CCC(CCNC)(C(=O)O)c1ccccc1.NC(C=O)Cc1ccc(Br)cc1. The van der Waals surface area contributed by atoms with E-state index in [0.717, 1.165) is 21.9 Å². The first-order chi connectivity index (χ1) is 13.4. The Morgan fingerprint density at radius 1 is 1.21 bits per heavy atom. The van der Waals surface area contributed by atoms with E-state index in [0.29, 0.717) is 25.8 Å². The highest BCUT2D eigenvalue weighted by Gasteiger charge is 2.37. The first-order valence-corrected chi connectivity index (χ1v) is 10.1. The molecule has 2 rings (SSSR count). The third-order valence-corrected chi connectivity index (χ3v) is 5.23. The Bertz CT molecular complexity index is 722. The summed E-state index contributed by atoms with van der Waals surface area (Å²) in [5.41, 5.74) is 6.67. The third kappa shape index (κ3) is 7.19. The van der Waals surface area contributed by atoms with Gasteiger partial charge in [-0.25, -0.2) is 0 Å². The predicted octanol–water partition coefficient (Wildman–Crippen LogP) is 3.55. The second-order valence-corrected chi connectivity index (χ2v) is 7.51. The Morgan fingerprint density at radius 2 is 1.82 bits per heavy atom. The van der Waals surface area contributed by atoms with Crippen LogP contribution in [0.5, 0.6) is 0 Å². The molecule has 0 aromatic heterocycles. The minimum absolute atomic E-state index is 0.383. The van der Waals surface area contributed by atoms with Gasteiger partial charge in [0.1, 0.15) is 6.29 Å². The molecule has 0 aliphatic rings. The van der Waals surface area contributed by atoms with E-state index in [1.807, 2.05) is 68.6 Å². The quantitative estimate of drug-likeness (QED) is 0.510. The van der Waals surface area contributed by atoms with Gasteiger partial charge in [-0.2, -0.15) is 0 Å². The molecule has 2 unspecified atom stereocenters. The van der Waals surface area contributed by atoms with Gasteiger partial charge in [0.05, 0.1) is 11.5 Å². The number of carboxylic acids is 1. The van der Waals surface area contributed by atoms with Gasteiger partial charge in [0.2, 0.25) is 0 Å². The Morgan fingerprint density at radius 3 is 2.29 bits per heavy atom. The molecule has 0 saturated heterocycles. The van der Waals surface area contributed by atoms with Crippen LogP contribution >= 0.6 is 15.9 Å². The lowest BCUT2D eigenvalue weighted by molar-refractivity contribution is -0.144. The van der Waals surface area contributed by atoms with E-state index in [9.17, 15) is 14.7 Å². The van der Waals surface area contributed by atoms with Crippen molar-refractivity contribution < 1.29 is 14.7 Å². The number of carbonyl (C=O) groups is 2. The number of hydrogen-bond acceptors (Lipinski definition) is 4. The standard InChI is InChI=1S/C13H19NO2.C9H10BrNO/c1-3-13(12(15)16,9-10-14-2)11-7-5-4-6-8-11;10-8-3-1-7(2-4-8)5-9(11)6-12/h4-8,14H,3,9-10H2,1-2H3,(H,15,16);1-4,6,9H,5,11H2. The van der Waals surface area contributed by atoms with Crippen LogP contribution in [0.25, 0.3) is 0 Å². The topological polar surface area (TPSA) is 92.4 Å². The molecular formula is C22H29BrN2O3. The van der Waals surface area contributed by atoms with Gasteiger partial charge in [-0.15, -0.1) is 0 Å². The number of carbonyl (C=O) groups excluding carboxylic acids is 1. The second-order valence-electron chi connectivity index (χ2n) is 6.59. The van der Waals surface area contributed by atoms with Crippen molar-refractivity contribution in [2.45, 2.75) is 37.6 Å². The highest BCUT2D eigenvalue weighted by atomic mass is 79.9. The van der Waals surface area contributed by atoms with Crippen molar-refractivity contribution in [2.24, 2.45) is 5.73 Å². The molecular weight excluding hydrogens is 420 g/mol. The molecule has 152 valence electrons. The average Bonchev–Trinajstić information content (AvgIpc) is 2.71. The fourth-order valence-corrected chi connectivity index (χ4v) is 3.21. The number of rotatable bonds is 9. The minimum Gasteiger partial charge on any atom is -0.481 e. The molecule has 0 aliphatic heterocycles. The van der Waals surface area contributed by atoms with E-state index in [1.54, 1.807) is 0 Å². The average molecular weight is 449 g/mol. The van der Waals surface area contributed by atoms with Gasteiger partial charge in [-0.1, -0.05) is 65.3 Å². The number of nitrogens with one attached hydrogen (secondary N) is 1. The van der Waals surface area contributed by atoms with Crippen LogP contribution in [0.3, 0.4) is 0 Å². The van der Waals surface area contributed by atoms with Crippen LogP contribution in [0.15, 0.2) is 59.1 Å². The van der Waals surface area contributed by atoms with Crippen molar-refractivity contribution >= 4 is 28.2 Å². The summed E-state index contributed by atoms with van der Waals surface area (Å²) in [6.07, 6.45) is 2.59. The monoisotopic (exact) mass is 448 g/mol. The molecule has 5 nitrogen and oxygen atoms in total. The number of hydrogen-bond donors (Lipinski definition) is 3.